The van der Waals surface area contributed by atoms with Crippen LogP contribution in [0.2, 0.25) is 0 Å². The SMILES string of the molecule is CC(C)(C)OC(=O)N1CC=C(c2ccncn2)C1.CO. The molecule has 2 rings (SSSR count). The molecule has 1 aromatic rings. The van der Waals surface area contributed by atoms with E-state index in [1.165, 1.54) is 6.33 Å². The van der Waals surface area contributed by atoms with Gasteiger partial charge in [0.25, 0.3) is 0 Å². The van der Waals surface area contributed by atoms with Gasteiger partial charge in [-0.15, -0.1) is 0 Å². The third kappa shape index (κ3) is 4.62. The Morgan fingerprint density at radius 3 is 2.65 bits per heavy atom. The van der Waals surface area contributed by atoms with E-state index in [4.69, 9.17) is 9.84 Å². The summed E-state index contributed by atoms with van der Waals surface area (Å²) in [5.41, 5.74) is 1.42. The number of aliphatic hydroxyl groups is 1. The molecule has 1 amide bonds. The highest BCUT2D eigenvalue weighted by molar-refractivity contribution is 5.76. The lowest BCUT2D eigenvalue weighted by atomic mass is 10.2. The smallest absolute Gasteiger partial charge is 0.410 e. The number of nitrogens with zero attached hydrogens (tertiary/aromatic N) is 3. The maximum atomic E-state index is 11.9. The summed E-state index contributed by atoms with van der Waals surface area (Å²) >= 11 is 0. The summed E-state index contributed by atoms with van der Waals surface area (Å²) in [6, 6.07) is 1.84. The summed E-state index contributed by atoms with van der Waals surface area (Å²) in [6.07, 6.45) is 4.90. The van der Waals surface area contributed by atoms with Gasteiger partial charge in [-0.3, -0.25) is 0 Å². The fourth-order valence-corrected chi connectivity index (χ4v) is 1.69. The number of rotatable bonds is 1. The molecule has 110 valence electrons. The largest absolute Gasteiger partial charge is 0.444 e. The molecule has 0 saturated carbocycles. The maximum absolute atomic E-state index is 11.9. The van der Waals surface area contributed by atoms with Crippen LogP contribution in [0, 0.1) is 0 Å². The molecule has 0 unspecified atom stereocenters. The summed E-state index contributed by atoms with van der Waals surface area (Å²) < 4.78 is 5.33. The molecule has 20 heavy (non-hydrogen) atoms. The number of carbonyl (C=O) groups excluding carboxylic acids is 1. The minimum Gasteiger partial charge on any atom is -0.444 e. The van der Waals surface area contributed by atoms with Gasteiger partial charge in [-0.1, -0.05) is 6.08 Å². The Kier molecular flexibility index (Phi) is 5.64. The number of hydrogen-bond donors (Lipinski definition) is 1. The molecule has 1 N–H and O–H groups in total. The molecule has 6 nitrogen and oxygen atoms in total. The first kappa shape index (κ1) is 16.1. The van der Waals surface area contributed by atoms with Gasteiger partial charge in [0.15, 0.2) is 0 Å². The van der Waals surface area contributed by atoms with E-state index in [0.29, 0.717) is 13.1 Å². The van der Waals surface area contributed by atoms with Crippen LogP contribution in [0.15, 0.2) is 24.7 Å². The fourth-order valence-electron chi connectivity index (χ4n) is 1.69. The van der Waals surface area contributed by atoms with Crippen LogP contribution in [0.4, 0.5) is 4.79 Å². The number of aromatic nitrogens is 2. The fraction of sp³-hybridized carbons (Fsp3) is 0.500. The van der Waals surface area contributed by atoms with Crippen molar-refractivity contribution in [2.45, 2.75) is 26.4 Å². The third-order valence-corrected chi connectivity index (χ3v) is 2.48. The van der Waals surface area contributed by atoms with E-state index in [0.717, 1.165) is 18.4 Å². The normalized spacial score (nSPS) is 14.2. The van der Waals surface area contributed by atoms with Crippen molar-refractivity contribution in [3.63, 3.8) is 0 Å². The maximum Gasteiger partial charge on any atom is 0.410 e. The minimum absolute atomic E-state index is 0.289. The highest BCUT2D eigenvalue weighted by atomic mass is 16.6. The van der Waals surface area contributed by atoms with Crippen LogP contribution in [-0.4, -0.2) is 51.9 Å². The molecule has 1 aliphatic rings. The molecule has 0 aromatic carbocycles. The predicted octanol–water partition coefficient (Wildman–Crippen LogP) is 1.72. The van der Waals surface area contributed by atoms with E-state index in [1.54, 1.807) is 11.1 Å². The molecule has 0 spiro atoms. The Bertz CT molecular complexity index is 466. The van der Waals surface area contributed by atoms with Crippen LogP contribution in [0.5, 0.6) is 0 Å². The van der Waals surface area contributed by atoms with E-state index >= 15 is 0 Å². The van der Waals surface area contributed by atoms with Crippen molar-refractivity contribution in [1.82, 2.24) is 14.9 Å². The lowest BCUT2D eigenvalue weighted by molar-refractivity contribution is 0.0306. The summed E-state index contributed by atoms with van der Waals surface area (Å²) in [4.78, 5) is 21.6. The first-order chi connectivity index (χ1) is 9.46. The zero-order chi connectivity index (χ0) is 15.2. The van der Waals surface area contributed by atoms with E-state index in [9.17, 15) is 4.79 Å². The molecule has 2 heterocycles. The van der Waals surface area contributed by atoms with Crippen molar-refractivity contribution in [2.75, 3.05) is 20.2 Å². The van der Waals surface area contributed by atoms with Gasteiger partial charge in [-0.25, -0.2) is 14.8 Å². The second-order valence-electron chi connectivity index (χ2n) is 5.18. The summed E-state index contributed by atoms with van der Waals surface area (Å²) in [5, 5.41) is 7.00. The molecule has 0 bridgehead atoms. The van der Waals surface area contributed by atoms with E-state index in [-0.39, 0.29) is 6.09 Å². The van der Waals surface area contributed by atoms with Gasteiger partial charge in [-0.05, 0) is 32.4 Å². The van der Waals surface area contributed by atoms with Crippen molar-refractivity contribution in [3.05, 3.63) is 30.4 Å². The molecule has 0 radical (unpaired) electrons. The number of carbonyl (C=O) groups is 1. The molecular weight excluding hydrogens is 258 g/mol. The molecule has 0 atom stereocenters. The van der Waals surface area contributed by atoms with Gasteiger partial charge in [0.05, 0.1) is 12.2 Å². The number of ether oxygens (including phenoxy) is 1. The average Bonchev–Trinajstić information content (AvgIpc) is 2.90. The molecule has 0 fully saturated rings. The van der Waals surface area contributed by atoms with Crippen molar-refractivity contribution in [2.24, 2.45) is 0 Å². The Labute approximate surface area is 119 Å². The van der Waals surface area contributed by atoms with Crippen LogP contribution in [0.3, 0.4) is 0 Å². The van der Waals surface area contributed by atoms with E-state index in [2.05, 4.69) is 9.97 Å². The van der Waals surface area contributed by atoms with Gasteiger partial charge in [-0.2, -0.15) is 0 Å². The molecule has 0 aliphatic carbocycles. The quantitative estimate of drug-likeness (QED) is 0.847. The Balaban J connectivity index is 0.000000956. The number of aliphatic hydroxyl groups excluding tert-OH is 1. The zero-order valence-electron chi connectivity index (χ0n) is 12.3. The van der Waals surface area contributed by atoms with Crippen LogP contribution in [-0.2, 0) is 4.74 Å². The Hall–Kier alpha value is -1.95. The van der Waals surface area contributed by atoms with Crippen LogP contribution < -0.4 is 0 Å². The zero-order valence-corrected chi connectivity index (χ0v) is 12.3. The first-order valence-electron chi connectivity index (χ1n) is 6.34. The van der Waals surface area contributed by atoms with Crippen molar-refractivity contribution >= 4 is 11.7 Å². The highest BCUT2D eigenvalue weighted by Crippen LogP contribution is 2.20. The van der Waals surface area contributed by atoms with Crippen molar-refractivity contribution in [1.29, 1.82) is 0 Å². The molecule has 0 saturated heterocycles. The van der Waals surface area contributed by atoms with Crippen molar-refractivity contribution < 1.29 is 14.6 Å². The molecule has 6 heteroatoms. The highest BCUT2D eigenvalue weighted by Gasteiger charge is 2.25. The van der Waals surface area contributed by atoms with Crippen LogP contribution in [0.1, 0.15) is 26.5 Å². The topological polar surface area (TPSA) is 75.5 Å². The number of amides is 1. The van der Waals surface area contributed by atoms with Gasteiger partial charge in [0.2, 0.25) is 0 Å². The first-order valence-corrected chi connectivity index (χ1v) is 6.34. The molecule has 1 aliphatic heterocycles. The second kappa shape index (κ2) is 7.00. The van der Waals surface area contributed by atoms with E-state index in [1.807, 2.05) is 32.9 Å². The van der Waals surface area contributed by atoms with Crippen LogP contribution in [0.25, 0.3) is 5.57 Å². The summed E-state index contributed by atoms with van der Waals surface area (Å²) in [7, 11) is 1.00. The van der Waals surface area contributed by atoms with Gasteiger partial charge < -0.3 is 14.7 Å². The Morgan fingerprint density at radius 2 is 2.10 bits per heavy atom. The van der Waals surface area contributed by atoms with Gasteiger partial charge in [0.1, 0.15) is 11.9 Å². The lowest BCUT2D eigenvalue weighted by Gasteiger charge is -2.24. The van der Waals surface area contributed by atoms with E-state index < -0.39 is 5.60 Å². The predicted molar refractivity (Wildman–Crippen MR) is 76.0 cm³/mol. The summed E-state index contributed by atoms with van der Waals surface area (Å²) in [6.45, 7) is 6.68. The molecular formula is C14H21N3O3. The number of hydrogen-bond acceptors (Lipinski definition) is 5. The van der Waals surface area contributed by atoms with Crippen LogP contribution >= 0.6 is 0 Å². The standard InChI is InChI=1S/C13H17N3O2.CH4O/c1-13(2,3)18-12(17)16-7-5-10(8-16)11-4-6-14-9-15-11;1-2/h4-6,9H,7-8H2,1-3H3;2H,1H3. The van der Waals surface area contributed by atoms with Gasteiger partial charge >= 0.3 is 6.09 Å². The monoisotopic (exact) mass is 279 g/mol. The lowest BCUT2D eigenvalue weighted by Crippen LogP contribution is -2.35. The average molecular weight is 279 g/mol. The second-order valence-corrected chi connectivity index (χ2v) is 5.18. The minimum atomic E-state index is -0.464. The third-order valence-electron chi connectivity index (χ3n) is 2.48. The summed E-state index contributed by atoms with van der Waals surface area (Å²) in [5.74, 6) is 0. The van der Waals surface area contributed by atoms with Gasteiger partial charge in [0, 0.05) is 19.9 Å². The Morgan fingerprint density at radius 1 is 1.40 bits per heavy atom. The van der Waals surface area contributed by atoms with Crippen molar-refractivity contribution in [3.8, 4) is 0 Å². The molecule has 1 aromatic heterocycles.